The summed E-state index contributed by atoms with van der Waals surface area (Å²) >= 11 is 3.50. The van der Waals surface area contributed by atoms with Crippen LogP contribution in [0, 0.1) is 0 Å². The number of fused-ring (bicyclic) bond motifs is 1. The fourth-order valence-electron chi connectivity index (χ4n) is 3.37. The van der Waals surface area contributed by atoms with Crippen molar-refractivity contribution < 1.29 is 9.90 Å². The van der Waals surface area contributed by atoms with Gasteiger partial charge in [-0.05, 0) is 56.6 Å². The van der Waals surface area contributed by atoms with Gasteiger partial charge < -0.3 is 10.4 Å². The first-order valence-corrected chi connectivity index (χ1v) is 9.89. The van der Waals surface area contributed by atoms with Gasteiger partial charge in [-0.1, -0.05) is 53.7 Å². The Morgan fingerprint density at radius 3 is 2.07 bits per heavy atom. The summed E-state index contributed by atoms with van der Waals surface area (Å²) in [6, 6.07) is 9.76. The SMILES string of the molecule is CC(C)(C)c1cc(C=C2C(=O)Nc3c(Br)cccc32)cc(C(C)(C)C)c1O. The smallest absolute Gasteiger partial charge is 0.256 e. The zero-order chi connectivity index (χ0) is 20.1. The van der Waals surface area contributed by atoms with Crippen molar-refractivity contribution in [3.05, 3.63) is 57.1 Å². The Labute approximate surface area is 169 Å². The molecule has 0 saturated carbocycles. The third-order valence-electron chi connectivity index (χ3n) is 4.85. The van der Waals surface area contributed by atoms with Gasteiger partial charge in [0.25, 0.3) is 5.91 Å². The van der Waals surface area contributed by atoms with Crippen molar-refractivity contribution in [3.63, 3.8) is 0 Å². The number of amides is 1. The van der Waals surface area contributed by atoms with Gasteiger partial charge in [-0.15, -0.1) is 0 Å². The van der Waals surface area contributed by atoms with Crippen LogP contribution in [-0.4, -0.2) is 11.0 Å². The summed E-state index contributed by atoms with van der Waals surface area (Å²) in [5.74, 6) is 0.232. The molecule has 0 bridgehead atoms. The van der Waals surface area contributed by atoms with Crippen molar-refractivity contribution in [1.82, 2.24) is 0 Å². The number of carbonyl (C=O) groups is 1. The molecule has 0 radical (unpaired) electrons. The van der Waals surface area contributed by atoms with Crippen molar-refractivity contribution in [2.45, 2.75) is 52.4 Å². The molecule has 0 spiro atoms. The summed E-state index contributed by atoms with van der Waals surface area (Å²) in [6.07, 6.45) is 1.91. The lowest BCUT2D eigenvalue weighted by atomic mass is 9.78. The largest absolute Gasteiger partial charge is 0.507 e. The van der Waals surface area contributed by atoms with Crippen LogP contribution in [0.1, 0.15) is 63.8 Å². The molecule has 1 aliphatic rings. The lowest BCUT2D eigenvalue weighted by molar-refractivity contribution is -0.110. The van der Waals surface area contributed by atoms with E-state index >= 15 is 0 Å². The zero-order valence-electron chi connectivity index (χ0n) is 16.7. The second-order valence-electron chi connectivity index (χ2n) is 9.14. The molecule has 0 unspecified atom stereocenters. The van der Waals surface area contributed by atoms with E-state index in [0.717, 1.165) is 32.4 Å². The van der Waals surface area contributed by atoms with Crippen LogP contribution in [0.25, 0.3) is 11.6 Å². The number of aromatic hydroxyl groups is 1. The molecule has 1 aliphatic heterocycles. The van der Waals surface area contributed by atoms with E-state index < -0.39 is 0 Å². The number of halogens is 1. The summed E-state index contributed by atoms with van der Waals surface area (Å²) in [5, 5.41) is 13.8. The highest BCUT2D eigenvalue weighted by Crippen LogP contribution is 2.42. The minimum absolute atomic E-state index is 0.111. The lowest BCUT2D eigenvalue weighted by Crippen LogP contribution is -2.17. The summed E-state index contributed by atoms with van der Waals surface area (Å²) in [6.45, 7) is 12.5. The first-order valence-electron chi connectivity index (χ1n) is 9.09. The Kier molecular flexibility index (Phi) is 4.75. The third-order valence-corrected chi connectivity index (χ3v) is 5.51. The molecule has 27 heavy (non-hydrogen) atoms. The van der Waals surface area contributed by atoms with Gasteiger partial charge in [0, 0.05) is 26.7 Å². The number of rotatable bonds is 1. The van der Waals surface area contributed by atoms with Crippen LogP contribution in [0.2, 0.25) is 0 Å². The molecule has 3 nitrogen and oxygen atoms in total. The van der Waals surface area contributed by atoms with Crippen LogP contribution in [0.5, 0.6) is 5.75 Å². The molecule has 2 aromatic rings. The topological polar surface area (TPSA) is 49.3 Å². The third kappa shape index (κ3) is 3.68. The maximum Gasteiger partial charge on any atom is 0.256 e. The Hall–Kier alpha value is -2.07. The van der Waals surface area contributed by atoms with Crippen molar-refractivity contribution in [3.8, 4) is 5.75 Å². The predicted octanol–water partition coefficient (Wildman–Crippen LogP) is 6.24. The second kappa shape index (κ2) is 6.52. The summed E-state index contributed by atoms with van der Waals surface area (Å²) in [4.78, 5) is 12.6. The lowest BCUT2D eigenvalue weighted by Gasteiger charge is -2.28. The van der Waals surface area contributed by atoms with Gasteiger partial charge in [-0.2, -0.15) is 0 Å². The average molecular weight is 428 g/mol. The van der Waals surface area contributed by atoms with Crippen LogP contribution < -0.4 is 5.32 Å². The van der Waals surface area contributed by atoms with Crippen LogP contribution >= 0.6 is 15.9 Å². The molecule has 0 aliphatic carbocycles. The van der Waals surface area contributed by atoms with E-state index in [2.05, 4.69) is 62.8 Å². The monoisotopic (exact) mass is 427 g/mol. The normalized spacial score (nSPS) is 15.8. The van der Waals surface area contributed by atoms with E-state index in [0.29, 0.717) is 11.3 Å². The molecular formula is C23H26BrNO2. The number of para-hydroxylation sites is 1. The zero-order valence-corrected chi connectivity index (χ0v) is 18.3. The molecule has 0 saturated heterocycles. The quantitative estimate of drug-likeness (QED) is 0.528. The van der Waals surface area contributed by atoms with Gasteiger partial charge in [0.2, 0.25) is 0 Å². The molecule has 0 fully saturated rings. The first-order chi connectivity index (χ1) is 12.4. The number of hydrogen-bond acceptors (Lipinski definition) is 2. The highest BCUT2D eigenvalue weighted by molar-refractivity contribution is 9.10. The minimum atomic E-state index is -0.211. The van der Waals surface area contributed by atoms with E-state index in [-0.39, 0.29) is 16.7 Å². The van der Waals surface area contributed by atoms with Gasteiger partial charge in [-0.3, -0.25) is 4.79 Å². The Bertz CT molecular complexity index is 924. The van der Waals surface area contributed by atoms with Crippen LogP contribution in [0.3, 0.4) is 0 Å². The Morgan fingerprint density at radius 2 is 1.56 bits per heavy atom. The van der Waals surface area contributed by atoms with Gasteiger partial charge in [0.05, 0.1) is 5.69 Å². The minimum Gasteiger partial charge on any atom is -0.507 e. The van der Waals surface area contributed by atoms with Gasteiger partial charge >= 0.3 is 0 Å². The molecule has 142 valence electrons. The van der Waals surface area contributed by atoms with Crippen molar-refractivity contribution in [1.29, 1.82) is 0 Å². The second-order valence-corrected chi connectivity index (χ2v) is 9.99. The van der Waals surface area contributed by atoms with Crippen LogP contribution in [-0.2, 0) is 15.6 Å². The predicted molar refractivity (Wildman–Crippen MR) is 116 cm³/mol. The van der Waals surface area contributed by atoms with E-state index in [1.165, 1.54) is 0 Å². The summed E-state index contributed by atoms with van der Waals surface area (Å²) in [7, 11) is 0. The molecule has 1 heterocycles. The van der Waals surface area contributed by atoms with Crippen LogP contribution in [0.15, 0.2) is 34.8 Å². The maximum absolute atomic E-state index is 12.6. The van der Waals surface area contributed by atoms with Gasteiger partial charge in [0.1, 0.15) is 5.75 Å². The van der Waals surface area contributed by atoms with E-state index in [1.54, 1.807) is 0 Å². The Balaban J connectivity index is 2.23. The van der Waals surface area contributed by atoms with E-state index in [9.17, 15) is 9.90 Å². The molecule has 3 rings (SSSR count). The first kappa shape index (κ1) is 19.7. The number of anilines is 1. The fraction of sp³-hybridized carbons (Fsp3) is 0.348. The van der Waals surface area contributed by atoms with E-state index in [1.807, 2.05) is 36.4 Å². The van der Waals surface area contributed by atoms with E-state index in [4.69, 9.17) is 0 Å². The number of nitrogens with one attached hydrogen (secondary N) is 1. The average Bonchev–Trinajstić information content (AvgIpc) is 2.84. The molecular weight excluding hydrogens is 402 g/mol. The highest BCUT2D eigenvalue weighted by atomic mass is 79.9. The fourth-order valence-corrected chi connectivity index (χ4v) is 3.84. The molecule has 2 N–H and O–H groups in total. The summed E-state index contributed by atoms with van der Waals surface area (Å²) in [5.41, 5.74) is 4.59. The standard InChI is InChI=1S/C23H26BrNO2/c1-22(2,3)16-11-13(12-17(20(16)26)23(4,5)6)10-15-14-8-7-9-18(24)19(14)25-21(15)27/h7-12,26H,1-6H3,(H,25,27). The summed E-state index contributed by atoms with van der Waals surface area (Å²) < 4.78 is 0.869. The molecule has 4 heteroatoms. The number of phenolic OH excluding ortho intramolecular Hbond substituents is 1. The van der Waals surface area contributed by atoms with Gasteiger partial charge in [0.15, 0.2) is 0 Å². The number of phenols is 1. The number of benzene rings is 2. The molecule has 2 aromatic carbocycles. The van der Waals surface area contributed by atoms with Crippen LogP contribution in [0.4, 0.5) is 5.69 Å². The molecule has 0 aromatic heterocycles. The van der Waals surface area contributed by atoms with Crippen molar-refractivity contribution in [2.24, 2.45) is 0 Å². The highest BCUT2D eigenvalue weighted by Gasteiger charge is 2.28. The molecule has 1 amide bonds. The Morgan fingerprint density at radius 1 is 1.00 bits per heavy atom. The van der Waals surface area contributed by atoms with Gasteiger partial charge in [-0.25, -0.2) is 0 Å². The number of carbonyl (C=O) groups excluding carboxylic acids is 1. The molecule has 0 atom stereocenters. The van der Waals surface area contributed by atoms with Crippen molar-refractivity contribution in [2.75, 3.05) is 5.32 Å². The van der Waals surface area contributed by atoms with Crippen molar-refractivity contribution >= 4 is 39.2 Å². The number of hydrogen-bond donors (Lipinski definition) is 2. The maximum atomic E-state index is 12.6.